The van der Waals surface area contributed by atoms with Crippen molar-refractivity contribution in [3.8, 4) is 0 Å². The maximum absolute atomic E-state index is 12.2. The Bertz CT molecular complexity index is 684. The van der Waals surface area contributed by atoms with E-state index in [1.165, 1.54) is 7.11 Å². The molecule has 1 N–H and O–H groups in total. The van der Waals surface area contributed by atoms with Crippen molar-refractivity contribution >= 4 is 23.7 Å². The van der Waals surface area contributed by atoms with E-state index in [0.29, 0.717) is 31.9 Å². The SMILES string of the molecule is COC(=O)C(=O)C1CN(CCCNC(=O)OC(C)(C)C)c2ncccc21. The number of esters is 1. The highest BCUT2D eigenvalue weighted by atomic mass is 16.6. The summed E-state index contributed by atoms with van der Waals surface area (Å²) in [5.74, 6) is -1.31. The minimum absolute atomic E-state index is 0.368. The van der Waals surface area contributed by atoms with Crippen LogP contribution < -0.4 is 10.2 Å². The van der Waals surface area contributed by atoms with Crippen molar-refractivity contribution in [1.82, 2.24) is 10.3 Å². The molecule has 0 saturated heterocycles. The van der Waals surface area contributed by atoms with Crippen LogP contribution in [0.15, 0.2) is 18.3 Å². The molecule has 2 rings (SSSR count). The van der Waals surface area contributed by atoms with Gasteiger partial charge < -0.3 is 19.7 Å². The van der Waals surface area contributed by atoms with Crippen molar-refractivity contribution in [3.05, 3.63) is 23.9 Å². The summed E-state index contributed by atoms with van der Waals surface area (Å²) in [5.41, 5.74) is 0.187. The van der Waals surface area contributed by atoms with Gasteiger partial charge >= 0.3 is 12.1 Å². The zero-order valence-corrected chi connectivity index (χ0v) is 15.6. The number of pyridine rings is 1. The van der Waals surface area contributed by atoms with E-state index < -0.39 is 29.4 Å². The molecule has 1 amide bonds. The smallest absolute Gasteiger partial charge is 0.407 e. The van der Waals surface area contributed by atoms with Crippen molar-refractivity contribution in [1.29, 1.82) is 0 Å². The van der Waals surface area contributed by atoms with Gasteiger partial charge in [-0.3, -0.25) is 4.79 Å². The van der Waals surface area contributed by atoms with Gasteiger partial charge in [-0.25, -0.2) is 14.6 Å². The van der Waals surface area contributed by atoms with Crippen LogP contribution in [0.4, 0.5) is 10.6 Å². The molecule has 8 nitrogen and oxygen atoms in total. The molecule has 0 saturated carbocycles. The first-order valence-electron chi connectivity index (χ1n) is 8.52. The summed E-state index contributed by atoms with van der Waals surface area (Å²) in [5, 5.41) is 2.70. The van der Waals surface area contributed by atoms with Gasteiger partial charge in [0.25, 0.3) is 0 Å². The van der Waals surface area contributed by atoms with E-state index in [-0.39, 0.29) is 0 Å². The van der Waals surface area contributed by atoms with Gasteiger partial charge in [-0.2, -0.15) is 0 Å². The van der Waals surface area contributed by atoms with Gasteiger partial charge in [0.1, 0.15) is 11.4 Å². The fraction of sp³-hybridized carbons (Fsp3) is 0.556. The lowest BCUT2D eigenvalue weighted by molar-refractivity contribution is -0.152. The van der Waals surface area contributed by atoms with E-state index in [2.05, 4.69) is 15.0 Å². The Kier molecular flexibility index (Phi) is 6.18. The zero-order valence-electron chi connectivity index (χ0n) is 15.6. The summed E-state index contributed by atoms with van der Waals surface area (Å²) in [4.78, 5) is 41.7. The van der Waals surface area contributed by atoms with Gasteiger partial charge in [0.2, 0.25) is 5.78 Å². The number of hydrogen-bond donors (Lipinski definition) is 1. The van der Waals surface area contributed by atoms with Crippen LogP contribution in [0.5, 0.6) is 0 Å². The van der Waals surface area contributed by atoms with Crippen LogP contribution in [0.25, 0.3) is 0 Å². The molecule has 0 bridgehead atoms. The van der Waals surface area contributed by atoms with E-state index in [1.807, 2.05) is 4.90 Å². The third-order valence-electron chi connectivity index (χ3n) is 3.87. The first-order chi connectivity index (χ1) is 12.2. The van der Waals surface area contributed by atoms with Crippen LogP contribution in [0, 0.1) is 0 Å². The molecule has 0 spiro atoms. The van der Waals surface area contributed by atoms with Crippen LogP contribution in [0.2, 0.25) is 0 Å². The number of hydrogen-bond acceptors (Lipinski definition) is 7. The summed E-state index contributed by atoms with van der Waals surface area (Å²) in [6.45, 7) is 6.80. The van der Waals surface area contributed by atoms with Crippen molar-refractivity contribution in [2.45, 2.75) is 38.7 Å². The summed E-state index contributed by atoms with van der Waals surface area (Å²) >= 11 is 0. The van der Waals surface area contributed by atoms with Gasteiger partial charge in [-0.15, -0.1) is 0 Å². The Morgan fingerprint density at radius 2 is 2.08 bits per heavy atom. The minimum atomic E-state index is -0.849. The average molecular weight is 363 g/mol. The molecular weight excluding hydrogens is 338 g/mol. The molecule has 1 atom stereocenters. The van der Waals surface area contributed by atoms with Gasteiger partial charge in [-0.05, 0) is 33.3 Å². The predicted octanol–water partition coefficient (Wildman–Crippen LogP) is 1.64. The minimum Gasteiger partial charge on any atom is -0.463 e. The van der Waals surface area contributed by atoms with Crippen molar-refractivity contribution < 1.29 is 23.9 Å². The molecule has 1 aliphatic rings. The molecule has 8 heteroatoms. The molecule has 1 unspecified atom stereocenters. The number of ether oxygens (including phenoxy) is 2. The Labute approximate surface area is 152 Å². The van der Waals surface area contributed by atoms with Crippen LogP contribution >= 0.6 is 0 Å². The normalized spacial score (nSPS) is 16.0. The number of nitrogens with zero attached hydrogens (tertiary/aromatic N) is 2. The highest BCUT2D eigenvalue weighted by Crippen LogP contribution is 2.34. The molecular formula is C18H25N3O5. The number of aromatic nitrogens is 1. The molecule has 0 fully saturated rings. The first-order valence-corrected chi connectivity index (χ1v) is 8.52. The third-order valence-corrected chi connectivity index (χ3v) is 3.87. The number of rotatable bonds is 6. The van der Waals surface area contributed by atoms with Crippen LogP contribution in [0.3, 0.4) is 0 Å². The van der Waals surface area contributed by atoms with Crippen molar-refractivity contribution in [2.75, 3.05) is 31.6 Å². The lowest BCUT2D eigenvalue weighted by Gasteiger charge is -2.21. The summed E-state index contributed by atoms with van der Waals surface area (Å²) in [6.07, 6.45) is 1.83. The van der Waals surface area contributed by atoms with Crippen LogP contribution in [0.1, 0.15) is 38.7 Å². The standard InChI is InChI=1S/C18H25N3O5/c1-18(2,3)26-17(24)20-9-6-10-21-11-13(14(22)16(23)25-4)12-7-5-8-19-15(12)21/h5,7-8,13H,6,9-11H2,1-4H3,(H,20,24). The number of alkyl carbamates (subject to hydrolysis) is 1. The van der Waals surface area contributed by atoms with E-state index in [0.717, 1.165) is 5.56 Å². The fourth-order valence-electron chi connectivity index (χ4n) is 2.79. The number of carbonyl (C=O) groups excluding carboxylic acids is 3. The largest absolute Gasteiger partial charge is 0.463 e. The van der Waals surface area contributed by atoms with Gasteiger partial charge in [-0.1, -0.05) is 6.07 Å². The highest BCUT2D eigenvalue weighted by Gasteiger charge is 2.37. The van der Waals surface area contributed by atoms with Gasteiger partial charge in [0.05, 0.1) is 13.0 Å². The number of fused-ring (bicyclic) bond motifs is 1. The highest BCUT2D eigenvalue weighted by molar-refractivity contribution is 6.36. The van der Waals surface area contributed by atoms with E-state index in [4.69, 9.17) is 4.74 Å². The Morgan fingerprint density at radius 3 is 2.73 bits per heavy atom. The molecule has 2 heterocycles. The van der Waals surface area contributed by atoms with Gasteiger partial charge in [0.15, 0.2) is 0 Å². The first kappa shape index (κ1) is 19.7. The molecule has 1 aliphatic heterocycles. The topological polar surface area (TPSA) is 97.8 Å². The van der Waals surface area contributed by atoms with Crippen LogP contribution in [-0.2, 0) is 19.1 Å². The predicted molar refractivity (Wildman–Crippen MR) is 95.1 cm³/mol. The summed E-state index contributed by atoms with van der Waals surface area (Å²) < 4.78 is 9.73. The Morgan fingerprint density at radius 1 is 1.35 bits per heavy atom. The van der Waals surface area contributed by atoms with Gasteiger partial charge in [0, 0.05) is 31.4 Å². The molecule has 1 aromatic heterocycles. The average Bonchev–Trinajstić information content (AvgIpc) is 2.94. The van der Waals surface area contributed by atoms with Crippen molar-refractivity contribution in [3.63, 3.8) is 0 Å². The maximum atomic E-state index is 12.2. The number of anilines is 1. The van der Waals surface area contributed by atoms with Crippen molar-refractivity contribution in [2.24, 2.45) is 0 Å². The molecule has 0 aliphatic carbocycles. The number of carbonyl (C=O) groups is 3. The number of Topliss-reactive ketones (excluding diaryl/α,β-unsaturated/α-hetero) is 1. The number of nitrogens with one attached hydrogen (secondary N) is 1. The molecule has 0 aromatic carbocycles. The second-order valence-corrected chi connectivity index (χ2v) is 7.05. The van der Waals surface area contributed by atoms with E-state index in [1.54, 1.807) is 39.1 Å². The molecule has 142 valence electrons. The number of amides is 1. The Hall–Kier alpha value is -2.64. The Balaban J connectivity index is 1.92. The molecule has 0 radical (unpaired) electrons. The summed E-state index contributed by atoms with van der Waals surface area (Å²) in [6, 6.07) is 3.54. The molecule has 1 aromatic rings. The lowest BCUT2D eigenvalue weighted by atomic mass is 9.98. The second kappa shape index (κ2) is 8.16. The van der Waals surface area contributed by atoms with E-state index in [9.17, 15) is 14.4 Å². The fourth-order valence-corrected chi connectivity index (χ4v) is 2.79. The maximum Gasteiger partial charge on any atom is 0.407 e. The lowest BCUT2D eigenvalue weighted by Crippen LogP contribution is -2.35. The van der Waals surface area contributed by atoms with E-state index >= 15 is 0 Å². The molecule has 26 heavy (non-hydrogen) atoms. The monoisotopic (exact) mass is 363 g/mol. The number of ketones is 1. The number of methoxy groups -OCH3 is 1. The van der Waals surface area contributed by atoms with Crippen LogP contribution in [-0.4, -0.2) is 55.2 Å². The third kappa shape index (κ3) is 4.93. The zero-order chi connectivity index (χ0) is 19.3. The summed E-state index contributed by atoms with van der Waals surface area (Å²) in [7, 11) is 1.19. The quantitative estimate of drug-likeness (QED) is 0.466. The second-order valence-electron chi connectivity index (χ2n) is 7.05.